The minimum absolute atomic E-state index is 0.101. The molecule has 0 aliphatic heterocycles. The number of aryl methyl sites for hydroxylation is 3. The standard InChI is InChI=1S/C38H44N2O3S/c1-8-42-33-20-27(14-17-32(33)43-23-31-25(3)18-24(2)19-26(31)4)22-39-37-35(36(41)40-29-12-10-9-11-13-29)30-16-15-28(38(5,6)7)21-34(30)44-37/h9-14,17-20,22,28H,8,15-16,21,23H2,1-7H3,(H,40,41)/t28-/m1/s1. The minimum atomic E-state index is -0.101. The van der Waals surface area contributed by atoms with Gasteiger partial charge in [0.15, 0.2) is 11.5 Å². The van der Waals surface area contributed by atoms with Gasteiger partial charge < -0.3 is 14.8 Å². The van der Waals surface area contributed by atoms with Crippen LogP contribution in [-0.2, 0) is 19.4 Å². The Morgan fingerprint density at radius 1 is 1.00 bits per heavy atom. The maximum absolute atomic E-state index is 13.7. The number of hydrogen-bond acceptors (Lipinski definition) is 5. The lowest BCUT2D eigenvalue weighted by Crippen LogP contribution is -2.27. The predicted octanol–water partition coefficient (Wildman–Crippen LogP) is 9.80. The summed E-state index contributed by atoms with van der Waals surface area (Å²) in [6, 6.07) is 19.9. The van der Waals surface area contributed by atoms with Crippen molar-refractivity contribution < 1.29 is 14.3 Å². The van der Waals surface area contributed by atoms with E-state index in [9.17, 15) is 4.79 Å². The van der Waals surface area contributed by atoms with Gasteiger partial charge in [0.2, 0.25) is 0 Å². The van der Waals surface area contributed by atoms with Crippen molar-refractivity contribution in [2.24, 2.45) is 16.3 Å². The van der Waals surface area contributed by atoms with E-state index in [1.807, 2.05) is 61.7 Å². The molecule has 1 N–H and O–H groups in total. The second-order valence-electron chi connectivity index (χ2n) is 12.9. The number of aliphatic imine (C=N–C) groups is 1. The van der Waals surface area contributed by atoms with Gasteiger partial charge in [-0.2, -0.15) is 0 Å². The number of ether oxygens (including phenoxy) is 2. The summed E-state index contributed by atoms with van der Waals surface area (Å²) in [4.78, 5) is 19.9. The molecule has 44 heavy (non-hydrogen) atoms. The van der Waals surface area contributed by atoms with Gasteiger partial charge in [0.1, 0.15) is 11.6 Å². The Kier molecular flexibility index (Phi) is 9.59. The molecule has 5 rings (SSSR count). The monoisotopic (exact) mass is 608 g/mol. The molecule has 1 aliphatic rings. The van der Waals surface area contributed by atoms with Crippen LogP contribution in [0, 0.1) is 32.1 Å². The first-order valence-corrected chi connectivity index (χ1v) is 16.4. The number of carbonyl (C=O) groups is 1. The molecule has 1 atom stereocenters. The van der Waals surface area contributed by atoms with E-state index in [0.717, 1.165) is 41.1 Å². The Labute approximate surface area is 266 Å². The van der Waals surface area contributed by atoms with Crippen molar-refractivity contribution in [2.75, 3.05) is 11.9 Å². The second kappa shape index (κ2) is 13.4. The minimum Gasteiger partial charge on any atom is -0.490 e. The van der Waals surface area contributed by atoms with E-state index in [2.05, 4.69) is 59.0 Å². The summed E-state index contributed by atoms with van der Waals surface area (Å²) >= 11 is 1.65. The quantitative estimate of drug-likeness (QED) is 0.192. The van der Waals surface area contributed by atoms with Gasteiger partial charge in [0.25, 0.3) is 5.91 Å². The van der Waals surface area contributed by atoms with Gasteiger partial charge >= 0.3 is 0 Å². The van der Waals surface area contributed by atoms with Crippen LogP contribution in [0.1, 0.15) is 82.7 Å². The van der Waals surface area contributed by atoms with Crippen LogP contribution in [0.15, 0.2) is 65.7 Å². The number of thiophene rings is 1. The third-order valence-corrected chi connectivity index (χ3v) is 9.70. The van der Waals surface area contributed by atoms with Crippen molar-refractivity contribution in [1.29, 1.82) is 0 Å². The highest BCUT2D eigenvalue weighted by atomic mass is 32.1. The molecule has 0 spiro atoms. The van der Waals surface area contributed by atoms with Gasteiger partial charge in [0.05, 0.1) is 12.2 Å². The first kappa shape index (κ1) is 31.5. The molecule has 1 aromatic heterocycles. The lowest BCUT2D eigenvalue weighted by atomic mass is 9.72. The highest BCUT2D eigenvalue weighted by Gasteiger charge is 2.33. The fourth-order valence-electron chi connectivity index (χ4n) is 6.06. The SMILES string of the molecule is CCOc1cc(C=Nc2sc3c(c2C(=O)Nc2ccccc2)CC[C@@H](C(C)(C)C)C3)ccc1OCc1c(C)cc(C)cc1C. The maximum Gasteiger partial charge on any atom is 0.259 e. The van der Waals surface area contributed by atoms with E-state index in [1.54, 1.807) is 11.3 Å². The number of carbonyl (C=O) groups excluding carboxylic acids is 1. The van der Waals surface area contributed by atoms with Crippen LogP contribution >= 0.6 is 11.3 Å². The first-order valence-electron chi connectivity index (χ1n) is 15.5. The number of nitrogens with one attached hydrogen (secondary N) is 1. The Balaban J connectivity index is 1.43. The molecular weight excluding hydrogens is 564 g/mol. The van der Waals surface area contributed by atoms with Gasteiger partial charge in [-0.3, -0.25) is 4.79 Å². The molecule has 1 amide bonds. The predicted molar refractivity (Wildman–Crippen MR) is 184 cm³/mol. The van der Waals surface area contributed by atoms with E-state index in [0.29, 0.717) is 36.2 Å². The average molecular weight is 609 g/mol. The molecule has 0 saturated heterocycles. The molecule has 0 saturated carbocycles. The largest absolute Gasteiger partial charge is 0.490 e. The summed E-state index contributed by atoms with van der Waals surface area (Å²) in [6.45, 7) is 16.3. The van der Waals surface area contributed by atoms with Crippen LogP contribution in [0.5, 0.6) is 11.5 Å². The van der Waals surface area contributed by atoms with E-state index in [1.165, 1.54) is 27.1 Å². The second-order valence-corrected chi connectivity index (χ2v) is 14.0. The Bertz CT molecular complexity index is 1640. The third kappa shape index (κ3) is 7.24. The highest BCUT2D eigenvalue weighted by molar-refractivity contribution is 7.16. The molecule has 4 aromatic rings. The van der Waals surface area contributed by atoms with Gasteiger partial charge in [-0.15, -0.1) is 11.3 Å². The molecule has 230 valence electrons. The van der Waals surface area contributed by atoms with Crippen LogP contribution in [0.3, 0.4) is 0 Å². The summed E-state index contributed by atoms with van der Waals surface area (Å²) in [5.41, 5.74) is 8.63. The summed E-state index contributed by atoms with van der Waals surface area (Å²) in [6.07, 6.45) is 4.77. The van der Waals surface area contributed by atoms with Crippen LogP contribution in [-0.4, -0.2) is 18.7 Å². The Hall–Kier alpha value is -3.90. The van der Waals surface area contributed by atoms with Crippen LogP contribution < -0.4 is 14.8 Å². The number of fused-ring (bicyclic) bond motifs is 1. The third-order valence-electron chi connectivity index (χ3n) is 8.54. The number of anilines is 1. The number of rotatable bonds is 9. The molecule has 0 unspecified atom stereocenters. The summed E-state index contributed by atoms with van der Waals surface area (Å²) < 4.78 is 12.3. The van der Waals surface area contributed by atoms with Crippen molar-refractivity contribution in [1.82, 2.24) is 0 Å². The zero-order valence-corrected chi connectivity index (χ0v) is 27.9. The van der Waals surface area contributed by atoms with E-state index in [4.69, 9.17) is 14.5 Å². The van der Waals surface area contributed by atoms with Crippen molar-refractivity contribution in [2.45, 2.75) is 74.3 Å². The van der Waals surface area contributed by atoms with Crippen molar-refractivity contribution >= 4 is 34.1 Å². The number of benzene rings is 3. The van der Waals surface area contributed by atoms with Crippen LogP contribution in [0.25, 0.3) is 0 Å². The first-order chi connectivity index (χ1) is 21.0. The molecule has 3 aromatic carbocycles. The van der Waals surface area contributed by atoms with Gasteiger partial charge in [-0.1, -0.05) is 56.7 Å². The van der Waals surface area contributed by atoms with Crippen molar-refractivity contribution in [3.8, 4) is 11.5 Å². The molecule has 1 heterocycles. The maximum atomic E-state index is 13.7. The molecule has 0 fully saturated rings. The van der Waals surface area contributed by atoms with Gasteiger partial charge in [-0.05, 0) is 116 Å². The fourth-order valence-corrected chi connectivity index (χ4v) is 7.33. The van der Waals surface area contributed by atoms with Crippen LogP contribution in [0.4, 0.5) is 10.7 Å². The zero-order chi connectivity index (χ0) is 31.4. The van der Waals surface area contributed by atoms with Crippen molar-refractivity contribution in [3.05, 3.63) is 104 Å². The summed E-state index contributed by atoms with van der Waals surface area (Å²) in [5.74, 6) is 1.85. The Morgan fingerprint density at radius 2 is 1.73 bits per heavy atom. The lowest BCUT2D eigenvalue weighted by Gasteiger charge is -2.33. The number of amides is 1. The summed E-state index contributed by atoms with van der Waals surface area (Å²) in [5, 5.41) is 3.85. The molecule has 5 nitrogen and oxygen atoms in total. The van der Waals surface area contributed by atoms with Crippen LogP contribution in [0.2, 0.25) is 0 Å². The van der Waals surface area contributed by atoms with Crippen molar-refractivity contribution in [3.63, 3.8) is 0 Å². The smallest absolute Gasteiger partial charge is 0.259 e. The Morgan fingerprint density at radius 3 is 2.41 bits per heavy atom. The topological polar surface area (TPSA) is 59.9 Å². The number of para-hydroxylation sites is 1. The summed E-state index contributed by atoms with van der Waals surface area (Å²) in [7, 11) is 0. The average Bonchev–Trinajstić information content (AvgIpc) is 3.34. The fraction of sp³-hybridized carbons (Fsp3) is 0.368. The molecular formula is C38H44N2O3S. The number of hydrogen-bond donors (Lipinski definition) is 1. The molecule has 6 heteroatoms. The molecule has 0 radical (unpaired) electrons. The van der Waals surface area contributed by atoms with E-state index in [-0.39, 0.29) is 11.3 Å². The van der Waals surface area contributed by atoms with Gasteiger partial charge in [-0.25, -0.2) is 4.99 Å². The zero-order valence-electron chi connectivity index (χ0n) is 27.0. The van der Waals surface area contributed by atoms with E-state index >= 15 is 0 Å². The normalized spacial score (nSPS) is 14.8. The lowest BCUT2D eigenvalue weighted by molar-refractivity contribution is 0.102. The number of nitrogens with zero attached hydrogens (tertiary/aromatic N) is 1. The van der Waals surface area contributed by atoms with Gasteiger partial charge in [0, 0.05) is 16.8 Å². The highest BCUT2D eigenvalue weighted by Crippen LogP contribution is 2.45. The van der Waals surface area contributed by atoms with E-state index < -0.39 is 0 Å². The molecule has 0 bridgehead atoms. The molecule has 1 aliphatic carbocycles.